The van der Waals surface area contributed by atoms with E-state index in [2.05, 4.69) is 31.6 Å². The van der Waals surface area contributed by atoms with Gasteiger partial charge in [-0.2, -0.15) is 18.3 Å². The SMILES string of the molecule is COc1cc2nn(C3CCC(CN4CC[C@@H](c5cccc6c(N7CCC(=O)NC7=O)cncc56)C4)CC3)cc2cc1NC(=O)c1cccc(C(F)(F)F)n1. The van der Waals surface area contributed by atoms with Crippen LogP contribution in [0, 0.1) is 5.92 Å². The molecule has 5 heterocycles. The van der Waals surface area contributed by atoms with Crippen molar-refractivity contribution in [2.75, 3.05) is 43.5 Å². The van der Waals surface area contributed by atoms with Crippen LogP contribution in [0.15, 0.2) is 67.1 Å². The number of alkyl halides is 3. The van der Waals surface area contributed by atoms with E-state index in [4.69, 9.17) is 9.84 Å². The lowest BCUT2D eigenvalue weighted by atomic mass is 9.85. The molecular formula is C39H39F3N8O4. The number of rotatable bonds is 8. The molecule has 280 valence electrons. The Bertz CT molecular complexity index is 2250. The summed E-state index contributed by atoms with van der Waals surface area (Å²) >= 11 is 0. The summed E-state index contributed by atoms with van der Waals surface area (Å²) in [5, 5.41) is 12.7. The van der Waals surface area contributed by atoms with E-state index >= 15 is 0 Å². The van der Waals surface area contributed by atoms with E-state index < -0.39 is 23.8 Å². The standard InChI is InChI=1S/C39H39F3N8O4/c1-54-34-17-31-25(16-32(34)45-37(52)30-6-3-7-35(44-30)39(40,41)42)22-50(47-31)26-10-8-23(9-11-26)20-48-14-12-24(21-48)27-4-2-5-28-29(27)18-43-19-33(28)49-15-13-36(51)46-38(49)53/h2-7,16-19,22-24,26H,8-15,20-21H2,1H3,(H,45,52)(H,46,51,53)/t23?,24-,26?/m1/s1. The first-order chi connectivity index (χ1) is 26.0. The van der Waals surface area contributed by atoms with E-state index in [1.165, 1.54) is 18.7 Å². The predicted molar refractivity (Wildman–Crippen MR) is 196 cm³/mol. The largest absolute Gasteiger partial charge is 0.494 e. The third kappa shape index (κ3) is 7.07. The number of imide groups is 1. The first-order valence-electron chi connectivity index (χ1n) is 18.2. The summed E-state index contributed by atoms with van der Waals surface area (Å²) in [6.07, 6.45) is 6.26. The number of amides is 4. The maximum atomic E-state index is 13.2. The van der Waals surface area contributed by atoms with Crippen molar-refractivity contribution in [3.8, 4) is 5.75 Å². The summed E-state index contributed by atoms with van der Waals surface area (Å²) in [5.74, 6) is 0.217. The molecule has 54 heavy (non-hydrogen) atoms. The number of likely N-dealkylation sites (tertiary alicyclic amines) is 1. The first-order valence-corrected chi connectivity index (χ1v) is 18.2. The van der Waals surface area contributed by atoms with Gasteiger partial charge in [-0.3, -0.25) is 29.5 Å². The molecule has 8 rings (SSSR count). The van der Waals surface area contributed by atoms with Crippen molar-refractivity contribution in [3.05, 3.63) is 84.1 Å². The second-order valence-corrected chi connectivity index (χ2v) is 14.4. The number of hydrogen-bond donors (Lipinski definition) is 2. The van der Waals surface area contributed by atoms with Gasteiger partial charge in [-0.15, -0.1) is 0 Å². The van der Waals surface area contributed by atoms with Gasteiger partial charge in [0.25, 0.3) is 5.91 Å². The number of fused-ring (bicyclic) bond motifs is 2. The van der Waals surface area contributed by atoms with Crippen molar-refractivity contribution in [2.45, 2.75) is 56.7 Å². The van der Waals surface area contributed by atoms with Crippen LogP contribution in [0.2, 0.25) is 0 Å². The zero-order valence-electron chi connectivity index (χ0n) is 29.6. The van der Waals surface area contributed by atoms with Gasteiger partial charge >= 0.3 is 12.2 Å². The second kappa shape index (κ2) is 14.3. The number of carbonyl (C=O) groups excluding carboxylic acids is 3. The van der Waals surface area contributed by atoms with Gasteiger partial charge in [0, 0.05) is 60.7 Å². The summed E-state index contributed by atoms with van der Waals surface area (Å²) in [6, 6.07) is 12.7. The number of ether oxygens (including phenoxy) is 1. The molecule has 0 bridgehead atoms. The first kappa shape index (κ1) is 35.5. The van der Waals surface area contributed by atoms with Gasteiger partial charge in [-0.1, -0.05) is 24.3 Å². The average Bonchev–Trinajstić information content (AvgIpc) is 3.81. The zero-order valence-corrected chi connectivity index (χ0v) is 29.6. The van der Waals surface area contributed by atoms with E-state index in [1.807, 2.05) is 29.2 Å². The Kier molecular flexibility index (Phi) is 9.42. The third-order valence-electron chi connectivity index (χ3n) is 10.9. The summed E-state index contributed by atoms with van der Waals surface area (Å²) < 4.78 is 47.0. The lowest BCUT2D eigenvalue weighted by molar-refractivity contribution is -0.141. The summed E-state index contributed by atoms with van der Waals surface area (Å²) in [5.41, 5.74) is 1.46. The number of carbonyl (C=O) groups is 3. The van der Waals surface area contributed by atoms with Crippen LogP contribution >= 0.6 is 0 Å². The highest BCUT2D eigenvalue weighted by atomic mass is 19.4. The minimum Gasteiger partial charge on any atom is -0.494 e. The van der Waals surface area contributed by atoms with Crippen molar-refractivity contribution >= 4 is 50.9 Å². The maximum absolute atomic E-state index is 13.2. The van der Waals surface area contributed by atoms with E-state index in [0.29, 0.717) is 41.0 Å². The zero-order chi connectivity index (χ0) is 37.6. The summed E-state index contributed by atoms with van der Waals surface area (Å²) in [4.78, 5) is 49.4. The minimum atomic E-state index is -4.67. The smallest absolute Gasteiger partial charge is 0.433 e. The number of urea groups is 1. The molecule has 2 saturated heterocycles. The van der Waals surface area contributed by atoms with Gasteiger partial charge in [0.1, 0.15) is 17.1 Å². The Morgan fingerprint density at radius 1 is 1.00 bits per heavy atom. The number of anilines is 2. The molecule has 0 radical (unpaired) electrons. The second-order valence-electron chi connectivity index (χ2n) is 14.4. The molecule has 0 spiro atoms. The Morgan fingerprint density at radius 2 is 1.81 bits per heavy atom. The number of methoxy groups -OCH3 is 1. The quantitative estimate of drug-likeness (QED) is 0.175. The molecule has 15 heteroatoms. The highest BCUT2D eigenvalue weighted by Crippen LogP contribution is 2.39. The lowest BCUT2D eigenvalue weighted by Crippen LogP contribution is -2.49. The molecule has 2 N–H and O–H groups in total. The van der Waals surface area contributed by atoms with Crippen LogP contribution in [0.4, 0.5) is 29.3 Å². The maximum Gasteiger partial charge on any atom is 0.433 e. The Balaban J connectivity index is 0.892. The number of aromatic nitrogens is 4. The molecule has 1 aliphatic carbocycles. The number of nitrogens with one attached hydrogen (secondary N) is 2. The van der Waals surface area contributed by atoms with Crippen LogP contribution in [-0.4, -0.2) is 75.8 Å². The van der Waals surface area contributed by atoms with E-state index in [-0.39, 0.29) is 24.1 Å². The van der Waals surface area contributed by atoms with Gasteiger partial charge in [0.2, 0.25) is 5.91 Å². The van der Waals surface area contributed by atoms with Crippen molar-refractivity contribution in [3.63, 3.8) is 0 Å². The van der Waals surface area contributed by atoms with Gasteiger partial charge in [-0.05, 0) is 74.2 Å². The summed E-state index contributed by atoms with van der Waals surface area (Å²) in [7, 11) is 1.46. The molecule has 3 fully saturated rings. The molecule has 0 unspecified atom stereocenters. The predicted octanol–water partition coefficient (Wildman–Crippen LogP) is 6.93. The van der Waals surface area contributed by atoms with Crippen molar-refractivity contribution in [1.82, 2.24) is 30.0 Å². The fourth-order valence-corrected chi connectivity index (χ4v) is 8.21. The average molecular weight is 741 g/mol. The lowest BCUT2D eigenvalue weighted by Gasteiger charge is -2.31. The Hall–Kier alpha value is -5.57. The van der Waals surface area contributed by atoms with Crippen LogP contribution in [0.25, 0.3) is 21.7 Å². The molecule has 1 atom stereocenters. The molecule has 2 aliphatic heterocycles. The molecule has 2 aromatic carbocycles. The molecular weight excluding hydrogens is 701 g/mol. The normalized spacial score (nSPS) is 21.1. The third-order valence-corrected chi connectivity index (χ3v) is 10.9. The van der Waals surface area contributed by atoms with Crippen LogP contribution in [-0.2, 0) is 11.0 Å². The number of benzene rings is 2. The topological polar surface area (TPSA) is 135 Å². The number of halogens is 3. The molecule has 5 aromatic rings. The highest BCUT2D eigenvalue weighted by Gasteiger charge is 2.34. The van der Waals surface area contributed by atoms with Crippen LogP contribution < -0.4 is 20.3 Å². The van der Waals surface area contributed by atoms with Gasteiger partial charge in [-0.25, -0.2) is 9.78 Å². The van der Waals surface area contributed by atoms with Crippen LogP contribution in [0.3, 0.4) is 0 Å². The van der Waals surface area contributed by atoms with E-state index in [1.54, 1.807) is 23.2 Å². The molecule has 4 amide bonds. The van der Waals surface area contributed by atoms with Crippen molar-refractivity contribution in [2.24, 2.45) is 5.92 Å². The fourth-order valence-electron chi connectivity index (χ4n) is 8.21. The highest BCUT2D eigenvalue weighted by molar-refractivity contribution is 6.10. The number of nitrogens with zero attached hydrogens (tertiary/aromatic N) is 6. The molecule has 12 nitrogen and oxygen atoms in total. The van der Waals surface area contributed by atoms with Gasteiger partial charge in [0.05, 0.1) is 36.2 Å². The molecule has 3 aromatic heterocycles. The molecule has 1 saturated carbocycles. The minimum absolute atomic E-state index is 0.218. The Labute approximate surface area is 308 Å². The number of hydrogen-bond acceptors (Lipinski definition) is 8. The van der Waals surface area contributed by atoms with E-state index in [9.17, 15) is 27.6 Å². The summed E-state index contributed by atoms with van der Waals surface area (Å²) in [6.45, 7) is 3.33. The van der Waals surface area contributed by atoms with Gasteiger partial charge < -0.3 is 15.0 Å². The van der Waals surface area contributed by atoms with Crippen LogP contribution in [0.1, 0.15) is 72.2 Å². The number of pyridine rings is 2. The van der Waals surface area contributed by atoms with Crippen molar-refractivity contribution in [1.29, 1.82) is 0 Å². The monoisotopic (exact) mass is 740 g/mol. The van der Waals surface area contributed by atoms with E-state index in [0.717, 1.165) is 80.0 Å². The van der Waals surface area contributed by atoms with Crippen LogP contribution in [0.5, 0.6) is 5.75 Å². The molecule has 3 aliphatic rings. The fraction of sp³-hybridized carbons (Fsp3) is 0.385. The van der Waals surface area contributed by atoms with Gasteiger partial charge in [0.15, 0.2) is 0 Å². The van der Waals surface area contributed by atoms with Crippen molar-refractivity contribution < 1.29 is 32.3 Å². The Morgan fingerprint density at radius 3 is 2.59 bits per heavy atom.